The molecule has 0 unspecified atom stereocenters. The molecular formula is C7H11N3O3. The summed E-state index contributed by atoms with van der Waals surface area (Å²) in [6.45, 7) is 0.377. The van der Waals surface area contributed by atoms with E-state index in [2.05, 4.69) is 9.73 Å². The number of hydroxylamine groups is 2. The standard InChI is InChI=1S/C7H11N3O3/c1-12-7(11)5-6(8)9-3-4-10(5)13-2/h3H,4,8H2,1-2H3. The van der Waals surface area contributed by atoms with Gasteiger partial charge < -0.3 is 10.5 Å². The Morgan fingerprint density at radius 2 is 2.38 bits per heavy atom. The monoisotopic (exact) mass is 185 g/mol. The first-order valence-corrected chi connectivity index (χ1v) is 3.63. The molecule has 1 aliphatic heterocycles. The van der Waals surface area contributed by atoms with Crippen LogP contribution in [0.25, 0.3) is 0 Å². The third-order valence-corrected chi connectivity index (χ3v) is 1.57. The highest BCUT2D eigenvalue weighted by Gasteiger charge is 2.23. The van der Waals surface area contributed by atoms with E-state index in [9.17, 15) is 4.79 Å². The second-order valence-corrected chi connectivity index (χ2v) is 2.28. The van der Waals surface area contributed by atoms with Gasteiger partial charge in [-0.15, -0.1) is 0 Å². The first-order chi connectivity index (χ1) is 6.20. The summed E-state index contributed by atoms with van der Waals surface area (Å²) in [5.41, 5.74) is 5.61. The molecule has 0 aliphatic carbocycles. The van der Waals surface area contributed by atoms with Gasteiger partial charge in [-0.05, 0) is 0 Å². The van der Waals surface area contributed by atoms with Gasteiger partial charge in [0.1, 0.15) is 0 Å². The number of aliphatic imine (C=N–C) groups is 1. The van der Waals surface area contributed by atoms with Gasteiger partial charge in [-0.3, -0.25) is 4.84 Å². The quantitative estimate of drug-likeness (QED) is 0.572. The number of rotatable bonds is 2. The summed E-state index contributed by atoms with van der Waals surface area (Å²) in [6, 6.07) is 0. The predicted molar refractivity (Wildman–Crippen MR) is 45.4 cm³/mol. The number of nitrogens with two attached hydrogens (primary N) is 1. The summed E-state index contributed by atoms with van der Waals surface area (Å²) in [4.78, 5) is 19.9. The van der Waals surface area contributed by atoms with Crippen molar-refractivity contribution in [1.29, 1.82) is 0 Å². The smallest absolute Gasteiger partial charge is 0.360 e. The number of ether oxygens (including phenoxy) is 1. The van der Waals surface area contributed by atoms with E-state index < -0.39 is 5.97 Å². The predicted octanol–water partition coefficient (Wildman–Crippen LogP) is -0.765. The Bertz CT molecular complexity index is 272. The van der Waals surface area contributed by atoms with E-state index in [0.29, 0.717) is 6.54 Å². The van der Waals surface area contributed by atoms with Crippen molar-refractivity contribution in [2.24, 2.45) is 10.7 Å². The first-order valence-electron chi connectivity index (χ1n) is 3.63. The molecule has 0 aromatic carbocycles. The molecule has 0 bridgehead atoms. The molecule has 0 aromatic heterocycles. The second-order valence-electron chi connectivity index (χ2n) is 2.28. The maximum atomic E-state index is 11.2. The van der Waals surface area contributed by atoms with Gasteiger partial charge >= 0.3 is 5.97 Å². The van der Waals surface area contributed by atoms with Crippen molar-refractivity contribution in [1.82, 2.24) is 5.06 Å². The molecule has 13 heavy (non-hydrogen) atoms. The van der Waals surface area contributed by atoms with Gasteiger partial charge in [0.05, 0.1) is 20.8 Å². The molecule has 0 saturated heterocycles. The topological polar surface area (TPSA) is 77.2 Å². The van der Waals surface area contributed by atoms with Crippen molar-refractivity contribution in [2.45, 2.75) is 0 Å². The van der Waals surface area contributed by atoms with E-state index in [1.807, 2.05) is 0 Å². The molecule has 0 atom stereocenters. The summed E-state index contributed by atoms with van der Waals surface area (Å²) >= 11 is 0. The van der Waals surface area contributed by atoms with Crippen LogP contribution in [0.4, 0.5) is 0 Å². The summed E-state index contributed by atoms with van der Waals surface area (Å²) in [5.74, 6) is -0.462. The van der Waals surface area contributed by atoms with Crippen LogP contribution in [-0.4, -0.2) is 38.0 Å². The van der Waals surface area contributed by atoms with Crippen LogP contribution in [0.15, 0.2) is 16.5 Å². The molecule has 0 radical (unpaired) electrons. The Morgan fingerprint density at radius 3 is 2.92 bits per heavy atom. The van der Waals surface area contributed by atoms with Crippen molar-refractivity contribution in [2.75, 3.05) is 20.8 Å². The fraction of sp³-hybridized carbons (Fsp3) is 0.429. The number of carbonyl (C=O) groups is 1. The highest BCUT2D eigenvalue weighted by molar-refractivity contribution is 5.89. The van der Waals surface area contributed by atoms with Crippen LogP contribution in [0.1, 0.15) is 0 Å². The Hall–Kier alpha value is -1.56. The highest BCUT2D eigenvalue weighted by Crippen LogP contribution is 2.12. The van der Waals surface area contributed by atoms with Gasteiger partial charge in [0.15, 0.2) is 11.5 Å². The zero-order valence-electron chi connectivity index (χ0n) is 7.48. The van der Waals surface area contributed by atoms with E-state index in [-0.39, 0.29) is 11.5 Å². The molecule has 0 saturated carbocycles. The first kappa shape index (κ1) is 9.53. The fourth-order valence-corrected chi connectivity index (χ4v) is 0.962. The maximum absolute atomic E-state index is 11.2. The van der Waals surface area contributed by atoms with Crippen molar-refractivity contribution in [3.8, 4) is 0 Å². The van der Waals surface area contributed by atoms with Crippen LogP contribution in [0.2, 0.25) is 0 Å². The molecule has 1 aliphatic rings. The van der Waals surface area contributed by atoms with Crippen LogP contribution < -0.4 is 5.73 Å². The summed E-state index contributed by atoms with van der Waals surface area (Å²) in [7, 11) is 2.71. The van der Waals surface area contributed by atoms with E-state index in [0.717, 1.165) is 0 Å². The third-order valence-electron chi connectivity index (χ3n) is 1.57. The summed E-state index contributed by atoms with van der Waals surface area (Å²) in [5, 5.41) is 1.31. The van der Waals surface area contributed by atoms with Crippen LogP contribution in [0.3, 0.4) is 0 Å². The van der Waals surface area contributed by atoms with Gasteiger partial charge in [0.2, 0.25) is 0 Å². The molecule has 1 rings (SSSR count). The molecule has 0 fully saturated rings. The van der Waals surface area contributed by atoms with Gasteiger partial charge in [0, 0.05) is 6.21 Å². The molecule has 6 nitrogen and oxygen atoms in total. The molecule has 0 amide bonds. The Morgan fingerprint density at radius 1 is 1.69 bits per heavy atom. The molecule has 72 valence electrons. The lowest BCUT2D eigenvalue weighted by Gasteiger charge is -2.24. The lowest BCUT2D eigenvalue weighted by Crippen LogP contribution is -2.34. The zero-order valence-corrected chi connectivity index (χ0v) is 7.48. The van der Waals surface area contributed by atoms with E-state index in [4.69, 9.17) is 10.6 Å². The molecule has 2 N–H and O–H groups in total. The normalized spacial score (nSPS) is 16.3. The maximum Gasteiger partial charge on any atom is 0.360 e. The summed E-state index contributed by atoms with van der Waals surface area (Å²) < 4.78 is 4.52. The van der Waals surface area contributed by atoms with Crippen LogP contribution in [0.5, 0.6) is 0 Å². The minimum absolute atomic E-state index is 0.0972. The van der Waals surface area contributed by atoms with Crippen molar-refractivity contribution in [3.63, 3.8) is 0 Å². The number of esters is 1. The Balaban J connectivity index is 2.96. The van der Waals surface area contributed by atoms with E-state index in [1.54, 1.807) is 6.21 Å². The van der Waals surface area contributed by atoms with Crippen LogP contribution in [-0.2, 0) is 14.4 Å². The zero-order chi connectivity index (χ0) is 9.84. The molecular weight excluding hydrogens is 174 g/mol. The number of nitrogens with zero attached hydrogens (tertiary/aromatic N) is 2. The van der Waals surface area contributed by atoms with Crippen molar-refractivity contribution in [3.05, 3.63) is 11.5 Å². The Labute approximate surface area is 75.6 Å². The molecule has 0 aromatic rings. The van der Waals surface area contributed by atoms with Crippen LogP contribution >= 0.6 is 0 Å². The van der Waals surface area contributed by atoms with E-state index >= 15 is 0 Å². The second kappa shape index (κ2) is 3.90. The average molecular weight is 185 g/mol. The van der Waals surface area contributed by atoms with Crippen molar-refractivity contribution >= 4 is 12.2 Å². The minimum Gasteiger partial charge on any atom is -0.464 e. The molecule has 6 heteroatoms. The van der Waals surface area contributed by atoms with Gasteiger partial charge in [-0.1, -0.05) is 0 Å². The highest BCUT2D eigenvalue weighted by atomic mass is 16.7. The van der Waals surface area contributed by atoms with Gasteiger partial charge in [-0.25, -0.2) is 14.9 Å². The fourth-order valence-electron chi connectivity index (χ4n) is 0.962. The van der Waals surface area contributed by atoms with E-state index in [1.165, 1.54) is 19.3 Å². The van der Waals surface area contributed by atoms with Crippen LogP contribution in [0, 0.1) is 0 Å². The lowest BCUT2D eigenvalue weighted by molar-refractivity contribution is -0.149. The number of carbonyl (C=O) groups excluding carboxylic acids is 1. The van der Waals surface area contributed by atoms with Gasteiger partial charge in [0.25, 0.3) is 0 Å². The summed E-state index contributed by atoms with van der Waals surface area (Å²) in [6.07, 6.45) is 1.55. The SMILES string of the molecule is COC(=O)C1=C(N)N=CCN1OC. The van der Waals surface area contributed by atoms with Gasteiger partial charge in [-0.2, -0.15) is 0 Å². The lowest BCUT2D eigenvalue weighted by atomic mass is 10.3. The third kappa shape index (κ3) is 1.78. The molecule has 1 heterocycles. The number of hydrogen-bond donors (Lipinski definition) is 1. The number of methoxy groups -OCH3 is 1. The van der Waals surface area contributed by atoms with Crippen molar-refractivity contribution < 1.29 is 14.4 Å². The average Bonchev–Trinajstić information content (AvgIpc) is 2.16. The Kier molecular flexibility index (Phi) is 2.86. The largest absolute Gasteiger partial charge is 0.464 e. The molecule has 0 spiro atoms. The minimum atomic E-state index is -0.559. The number of hydrogen-bond acceptors (Lipinski definition) is 6.